The van der Waals surface area contributed by atoms with Crippen LogP contribution in [-0.2, 0) is 13.0 Å². The second-order valence-corrected chi connectivity index (χ2v) is 6.03. The van der Waals surface area contributed by atoms with Crippen LogP contribution < -0.4 is 5.32 Å². The Balaban J connectivity index is 1.54. The maximum atomic E-state index is 3.61. The van der Waals surface area contributed by atoms with Gasteiger partial charge in [-0.1, -0.05) is 84.9 Å². The van der Waals surface area contributed by atoms with E-state index in [1.165, 1.54) is 22.3 Å². The first-order chi connectivity index (χ1) is 11.3. The van der Waals surface area contributed by atoms with Gasteiger partial charge in [-0.25, -0.2) is 0 Å². The number of hydrogen-bond donors (Lipinski definition) is 1. The molecule has 0 bridgehead atoms. The molecular formula is C22H23N. The Bertz CT molecular complexity index is 702. The zero-order chi connectivity index (χ0) is 15.9. The van der Waals surface area contributed by atoms with Crippen molar-refractivity contribution in [1.82, 2.24) is 5.32 Å². The van der Waals surface area contributed by atoms with E-state index in [-0.39, 0.29) is 0 Å². The van der Waals surface area contributed by atoms with Crippen LogP contribution in [0.1, 0.15) is 18.1 Å². The van der Waals surface area contributed by atoms with E-state index in [0.29, 0.717) is 6.04 Å². The van der Waals surface area contributed by atoms with Crippen LogP contribution >= 0.6 is 0 Å². The average Bonchev–Trinajstić information content (AvgIpc) is 2.62. The van der Waals surface area contributed by atoms with E-state index in [9.17, 15) is 0 Å². The zero-order valence-electron chi connectivity index (χ0n) is 13.6. The van der Waals surface area contributed by atoms with Crippen molar-refractivity contribution in [2.45, 2.75) is 25.9 Å². The molecular weight excluding hydrogens is 278 g/mol. The molecule has 1 nitrogen and oxygen atoms in total. The van der Waals surface area contributed by atoms with Gasteiger partial charge in [0.2, 0.25) is 0 Å². The van der Waals surface area contributed by atoms with E-state index >= 15 is 0 Å². The summed E-state index contributed by atoms with van der Waals surface area (Å²) in [7, 11) is 0. The van der Waals surface area contributed by atoms with Crippen molar-refractivity contribution in [3.05, 3.63) is 96.1 Å². The van der Waals surface area contributed by atoms with Gasteiger partial charge in [-0.15, -0.1) is 0 Å². The van der Waals surface area contributed by atoms with Gasteiger partial charge in [-0.3, -0.25) is 0 Å². The average molecular weight is 301 g/mol. The lowest BCUT2D eigenvalue weighted by atomic mass is 10.0. The molecule has 0 spiro atoms. The molecule has 0 saturated carbocycles. The minimum atomic E-state index is 0.464. The van der Waals surface area contributed by atoms with E-state index in [1.807, 2.05) is 0 Å². The zero-order valence-corrected chi connectivity index (χ0v) is 13.6. The number of rotatable bonds is 6. The van der Waals surface area contributed by atoms with Crippen molar-refractivity contribution in [2.24, 2.45) is 0 Å². The van der Waals surface area contributed by atoms with E-state index in [0.717, 1.165) is 13.0 Å². The fourth-order valence-corrected chi connectivity index (χ4v) is 2.78. The van der Waals surface area contributed by atoms with Crippen LogP contribution in [0.4, 0.5) is 0 Å². The second-order valence-electron chi connectivity index (χ2n) is 6.03. The van der Waals surface area contributed by atoms with Crippen LogP contribution in [0, 0.1) is 0 Å². The summed E-state index contributed by atoms with van der Waals surface area (Å²) in [4.78, 5) is 0. The van der Waals surface area contributed by atoms with Gasteiger partial charge in [0, 0.05) is 12.6 Å². The third-order valence-electron chi connectivity index (χ3n) is 4.10. The van der Waals surface area contributed by atoms with Crippen LogP contribution in [0.25, 0.3) is 11.1 Å². The molecule has 0 saturated heterocycles. The molecule has 0 aliphatic rings. The molecule has 0 heterocycles. The topological polar surface area (TPSA) is 12.0 Å². The van der Waals surface area contributed by atoms with E-state index in [1.54, 1.807) is 0 Å². The minimum absolute atomic E-state index is 0.464. The third-order valence-corrected chi connectivity index (χ3v) is 4.10. The first-order valence-electron chi connectivity index (χ1n) is 8.23. The number of benzene rings is 3. The summed E-state index contributed by atoms with van der Waals surface area (Å²) in [5, 5.41) is 3.61. The molecule has 0 amide bonds. The van der Waals surface area contributed by atoms with Gasteiger partial charge in [0.05, 0.1) is 0 Å². The summed E-state index contributed by atoms with van der Waals surface area (Å²) < 4.78 is 0. The van der Waals surface area contributed by atoms with E-state index < -0.39 is 0 Å². The highest BCUT2D eigenvalue weighted by atomic mass is 14.9. The fourth-order valence-electron chi connectivity index (χ4n) is 2.78. The molecule has 1 N–H and O–H groups in total. The SMILES string of the molecule is C[C@@H](Cc1ccccc1)NCc1ccc(-c2ccccc2)cc1. The summed E-state index contributed by atoms with van der Waals surface area (Å²) in [5.74, 6) is 0. The van der Waals surface area contributed by atoms with Crippen LogP contribution in [0.2, 0.25) is 0 Å². The predicted molar refractivity (Wildman–Crippen MR) is 98.3 cm³/mol. The van der Waals surface area contributed by atoms with Crippen molar-refractivity contribution >= 4 is 0 Å². The van der Waals surface area contributed by atoms with Crippen molar-refractivity contribution < 1.29 is 0 Å². The molecule has 0 radical (unpaired) electrons. The molecule has 3 aromatic rings. The van der Waals surface area contributed by atoms with Crippen molar-refractivity contribution in [1.29, 1.82) is 0 Å². The molecule has 0 aliphatic carbocycles. The highest BCUT2D eigenvalue weighted by Gasteiger charge is 2.03. The Kier molecular flexibility index (Phi) is 5.23. The van der Waals surface area contributed by atoms with Crippen LogP contribution in [0.5, 0.6) is 0 Å². The maximum absolute atomic E-state index is 3.61. The lowest BCUT2D eigenvalue weighted by Gasteiger charge is -2.14. The standard InChI is InChI=1S/C22H23N/c1-18(16-19-8-4-2-5-9-19)23-17-20-12-14-22(15-13-20)21-10-6-3-7-11-21/h2-15,18,23H,16-17H2,1H3/t18-/m0/s1. The van der Waals surface area contributed by atoms with Gasteiger partial charge in [-0.2, -0.15) is 0 Å². The second kappa shape index (κ2) is 7.75. The lowest BCUT2D eigenvalue weighted by Crippen LogP contribution is -2.27. The molecule has 1 atom stereocenters. The largest absolute Gasteiger partial charge is 0.310 e. The van der Waals surface area contributed by atoms with Gasteiger partial charge in [0.15, 0.2) is 0 Å². The monoisotopic (exact) mass is 301 g/mol. The minimum Gasteiger partial charge on any atom is -0.310 e. The molecule has 0 fully saturated rings. The Morgan fingerprint density at radius 3 is 1.87 bits per heavy atom. The molecule has 3 rings (SSSR count). The van der Waals surface area contributed by atoms with Crippen LogP contribution in [-0.4, -0.2) is 6.04 Å². The van der Waals surface area contributed by atoms with Crippen molar-refractivity contribution in [3.8, 4) is 11.1 Å². The first kappa shape index (κ1) is 15.5. The Labute approximate surface area is 139 Å². The summed E-state index contributed by atoms with van der Waals surface area (Å²) in [6.07, 6.45) is 1.06. The van der Waals surface area contributed by atoms with Crippen molar-refractivity contribution in [2.75, 3.05) is 0 Å². The van der Waals surface area contributed by atoms with Gasteiger partial charge < -0.3 is 5.32 Å². The molecule has 0 aliphatic heterocycles. The van der Waals surface area contributed by atoms with Gasteiger partial charge in [0.25, 0.3) is 0 Å². The lowest BCUT2D eigenvalue weighted by molar-refractivity contribution is 0.545. The van der Waals surface area contributed by atoms with Crippen LogP contribution in [0.3, 0.4) is 0 Å². The Morgan fingerprint density at radius 1 is 0.652 bits per heavy atom. The molecule has 1 heteroatoms. The summed E-state index contributed by atoms with van der Waals surface area (Å²) in [6, 6.07) is 30.4. The first-order valence-corrected chi connectivity index (χ1v) is 8.23. The smallest absolute Gasteiger partial charge is 0.0208 e. The van der Waals surface area contributed by atoms with Crippen molar-refractivity contribution in [3.63, 3.8) is 0 Å². The number of nitrogens with one attached hydrogen (secondary N) is 1. The summed E-state index contributed by atoms with van der Waals surface area (Å²) in [5.41, 5.74) is 5.24. The third kappa shape index (κ3) is 4.54. The quantitative estimate of drug-likeness (QED) is 0.670. The van der Waals surface area contributed by atoms with Crippen LogP contribution in [0.15, 0.2) is 84.9 Å². The highest BCUT2D eigenvalue weighted by Crippen LogP contribution is 2.19. The summed E-state index contributed by atoms with van der Waals surface area (Å²) in [6.45, 7) is 3.15. The van der Waals surface area contributed by atoms with E-state index in [2.05, 4.69) is 97.2 Å². The predicted octanol–water partition coefficient (Wildman–Crippen LogP) is 5.07. The molecule has 0 aromatic heterocycles. The summed E-state index contributed by atoms with van der Waals surface area (Å²) >= 11 is 0. The fraction of sp³-hybridized carbons (Fsp3) is 0.182. The van der Waals surface area contributed by atoms with E-state index in [4.69, 9.17) is 0 Å². The van der Waals surface area contributed by atoms with Gasteiger partial charge in [0.1, 0.15) is 0 Å². The maximum Gasteiger partial charge on any atom is 0.0208 e. The molecule has 23 heavy (non-hydrogen) atoms. The molecule has 116 valence electrons. The Hall–Kier alpha value is -2.38. The highest BCUT2D eigenvalue weighted by molar-refractivity contribution is 5.63. The number of hydrogen-bond acceptors (Lipinski definition) is 1. The normalized spacial score (nSPS) is 12.0. The van der Waals surface area contributed by atoms with Gasteiger partial charge in [-0.05, 0) is 35.6 Å². The molecule has 3 aromatic carbocycles. The van der Waals surface area contributed by atoms with Gasteiger partial charge >= 0.3 is 0 Å². The molecule has 0 unspecified atom stereocenters. The Morgan fingerprint density at radius 2 is 1.22 bits per heavy atom.